The van der Waals surface area contributed by atoms with Crippen molar-refractivity contribution in [3.8, 4) is 5.75 Å². The van der Waals surface area contributed by atoms with E-state index < -0.39 is 22.0 Å². The van der Waals surface area contributed by atoms with Crippen molar-refractivity contribution in [2.45, 2.75) is 36.7 Å². The second-order valence-corrected chi connectivity index (χ2v) is 10.1. The maximum absolute atomic E-state index is 12.7. The Hall–Kier alpha value is -2.34. The first-order valence-corrected chi connectivity index (χ1v) is 11.7. The van der Waals surface area contributed by atoms with Crippen LogP contribution in [-0.4, -0.2) is 92.2 Å². The van der Waals surface area contributed by atoms with Crippen molar-refractivity contribution < 1.29 is 41.0 Å². The van der Waals surface area contributed by atoms with Gasteiger partial charge in [-0.2, -0.15) is 13.2 Å². The Morgan fingerprint density at radius 3 is 2.41 bits per heavy atom. The number of methoxy groups -OCH3 is 1. The molecule has 180 valence electrons. The third-order valence-electron chi connectivity index (χ3n) is 5.65. The molecule has 1 amide bonds. The Labute approximate surface area is 184 Å². The molecule has 1 aromatic rings. The third-order valence-corrected chi connectivity index (χ3v) is 7.87. The molecule has 0 unspecified atom stereocenters. The van der Waals surface area contributed by atoms with Crippen LogP contribution in [-0.2, 0) is 25.8 Å². The van der Waals surface area contributed by atoms with Crippen LogP contribution >= 0.6 is 0 Å². The van der Waals surface area contributed by atoms with E-state index in [0.717, 1.165) is 11.3 Å². The molecule has 0 bridgehead atoms. The average Bonchev–Trinajstić information content (AvgIpc) is 2.95. The third kappa shape index (κ3) is 6.83. The van der Waals surface area contributed by atoms with Crippen LogP contribution in [0.2, 0.25) is 0 Å². The molecule has 0 spiro atoms. The number of aliphatic carboxylic acids is 1. The van der Waals surface area contributed by atoms with Crippen molar-refractivity contribution in [1.82, 2.24) is 9.80 Å². The van der Waals surface area contributed by atoms with Crippen molar-refractivity contribution in [2.24, 2.45) is 0 Å². The summed E-state index contributed by atoms with van der Waals surface area (Å²) in [6.45, 7) is 1.71. The number of carboxylic acid groups (broad SMARTS) is 1. The van der Waals surface area contributed by atoms with E-state index in [0.29, 0.717) is 38.9 Å². The molecule has 0 radical (unpaired) electrons. The van der Waals surface area contributed by atoms with Gasteiger partial charge in [0.15, 0.2) is 9.84 Å². The van der Waals surface area contributed by atoms with Crippen LogP contribution in [0.4, 0.5) is 13.2 Å². The molecule has 3 rings (SSSR count). The van der Waals surface area contributed by atoms with Crippen molar-refractivity contribution >= 4 is 21.7 Å². The number of fused-ring (bicyclic) bond motifs is 1. The molecule has 1 N–H and O–H groups in total. The van der Waals surface area contributed by atoms with Crippen LogP contribution in [0.15, 0.2) is 24.3 Å². The van der Waals surface area contributed by atoms with E-state index in [-0.39, 0.29) is 23.0 Å². The van der Waals surface area contributed by atoms with Crippen molar-refractivity contribution in [1.29, 1.82) is 0 Å². The number of halogens is 3. The molecule has 12 heteroatoms. The molecular weight excluding hydrogens is 453 g/mol. The first-order valence-electron chi connectivity index (χ1n) is 9.97. The highest BCUT2D eigenvalue weighted by molar-refractivity contribution is 7.92. The number of hydrogen-bond donors (Lipinski definition) is 1. The lowest BCUT2D eigenvalue weighted by Crippen LogP contribution is -2.52. The topological polar surface area (TPSA) is 104 Å². The van der Waals surface area contributed by atoms with Gasteiger partial charge in [0.05, 0.1) is 24.5 Å². The van der Waals surface area contributed by atoms with E-state index in [1.807, 2.05) is 36.2 Å². The summed E-state index contributed by atoms with van der Waals surface area (Å²) in [4.78, 5) is 25.5. The quantitative estimate of drug-likeness (QED) is 0.701. The Kier molecular flexibility index (Phi) is 8.52. The molecular formula is C20H27F3N2O6S. The van der Waals surface area contributed by atoms with Gasteiger partial charge in [0.1, 0.15) is 5.75 Å². The van der Waals surface area contributed by atoms with Gasteiger partial charge in [0.2, 0.25) is 5.91 Å². The fourth-order valence-electron chi connectivity index (χ4n) is 3.89. The molecule has 2 fully saturated rings. The van der Waals surface area contributed by atoms with Gasteiger partial charge in [-0.1, -0.05) is 12.1 Å². The first kappa shape index (κ1) is 25.9. The predicted molar refractivity (Wildman–Crippen MR) is 110 cm³/mol. The first-order chi connectivity index (χ1) is 14.8. The summed E-state index contributed by atoms with van der Waals surface area (Å²) in [5.41, 5.74) is 0.913. The highest BCUT2D eigenvalue weighted by atomic mass is 32.2. The van der Waals surface area contributed by atoms with E-state index in [9.17, 15) is 26.4 Å². The molecule has 2 saturated heterocycles. The minimum atomic E-state index is -5.08. The number of likely N-dealkylation sites (tertiary alicyclic amines) is 1. The number of nitrogens with zero attached hydrogens (tertiary/aromatic N) is 2. The fourth-order valence-corrected chi connectivity index (χ4v) is 6.02. The molecule has 0 aromatic heterocycles. The number of hydrogen-bond acceptors (Lipinski definition) is 6. The van der Waals surface area contributed by atoms with Crippen molar-refractivity contribution in [2.75, 3.05) is 39.5 Å². The summed E-state index contributed by atoms with van der Waals surface area (Å²) < 4.78 is 61.8. The van der Waals surface area contributed by atoms with E-state index in [1.54, 1.807) is 7.11 Å². The van der Waals surface area contributed by atoms with Crippen LogP contribution in [0.25, 0.3) is 0 Å². The largest absolute Gasteiger partial charge is 0.497 e. The van der Waals surface area contributed by atoms with Gasteiger partial charge in [0, 0.05) is 25.7 Å². The Morgan fingerprint density at radius 2 is 1.81 bits per heavy atom. The van der Waals surface area contributed by atoms with E-state index in [1.165, 1.54) is 0 Å². The molecule has 8 nitrogen and oxygen atoms in total. The monoisotopic (exact) mass is 480 g/mol. The number of amides is 1. The Morgan fingerprint density at radius 1 is 1.19 bits per heavy atom. The van der Waals surface area contributed by atoms with Gasteiger partial charge < -0.3 is 19.6 Å². The second kappa shape index (κ2) is 10.5. The summed E-state index contributed by atoms with van der Waals surface area (Å²) in [5, 5.41) is 6.78. The summed E-state index contributed by atoms with van der Waals surface area (Å²) in [7, 11) is 0.539. The number of sulfone groups is 1. The SMILES string of the molecule is COc1cccc(CC(=O)N2CC[C@@H]3[C@H](CC2)N(C)CCS3(=O)=O)c1.O=C(O)C(F)(F)F. The van der Waals surface area contributed by atoms with Crippen molar-refractivity contribution in [3.05, 3.63) is 29.8 Å². The molecule has 2 heterocycles. The van der Waals surface area contributed by atoms with Gasteiger partial charge >= 0.3 is 12.1 Å². The summed E-state index contributed by atoms with van der Waals surface area (Å²) in [6, 6.07) is 7.53. The Balaban J connectivity index is 0.000000451. The molecule has 1 aromatic carbocycles. The van der Waals surface area contributed by atoms with Gasteiger partial charge in [-0.05, 0) is 37.6 Å². The van der Waals surface area contributed by atoms with Crippen molar-refractivity contribution in [3.63, 3.8) is 0 Å². The molecule has 2 aliphatic heterocycles. The van der Waals surface area contributed by atoms with E-state index >= 15 is 0 Å². The summed E-state index contributed by atoms with van der Waals surface area (Å²) in [5.74, 6) is -1.75. The number of carboxylic acids is 1. The van der Waals surface area contributed by atoms with Gasteiger partial charge in [0.25, 0.3) is 0 Å². The lowest BCUT2D eigenvalue weighted by molar-refractivity contribution is -0.192. The summed E-state index contributed by atoms with van der Waals surface area (Å²) in [6.07, 6.45) is -3.53. The normalized spacial score (nSPS) is 23.2. The van der Waals surface area contributed by atoms with Gasteiger partial charge in [-0.3, -0.25) is 4.79 Å². The minimum Gasteiger partial charge on any atom is -0.497 e. The zero-order valence-electron chi connectivity index (χ0n) is 17.8. The number of carbonyl (C=O) groups is 2. The number of ether oxygens (including phenoxy) is 1. The highest BCUT2D eigenvalue weighted by Gasteiger charge is 2.42. The van der Waals surface area contributed by atoms with Crippen LogP contribution in [0.1, 0.15) is 18.4 Å². The number of carbonyl (C=O) groups excluding carboxylic acids is 1. The second-order valence-electron chi connectivity index (χ2n) is 7.74. The smallest absolute Gasteiger partial charge is 0.490 e. The van der Waals surface area contributed by atoms with Crippen LogP contribution in [0, 0.1) is 0 Å². The van der Waals surface area contributed by atoms with Crippen LogP contribution < -0.4 is 4.74 Å². The highest BCUT2D eigenvalue weighted by Crippen LogP contribution is 2.27. The number of rotatable bonds is 3. The lowest BCUT2D eigenvalue weighted by atomic mass is 10.1. The Bertz CT molecular complexity index is 922. The molecule has 0 aliphatic carbocycles. The maximum Gasteiger partial charge on any atom is 0.490 e. The molecule has 2 atom stereocenters. The molecule has 32 heavy (non-hydrogen) atoms. The standard InChI is InChI=1S/C18H26N2O4S.C2HF3O2/c1-19-10-11-25(22,23)17-7-9-20(8-6-16(17)19)18(21)13-14-4-3-5-15(12-14)24-2;3-2(4,5)1(6)7/h3-5,12,16-17H,6-11,13H2,1-2H3;(H,6,7)/t16-,17+;/m0./s1. The molecule has 2 aliphatic rings. The van der Waals surface area contributed by atoms with E-state index in [4.69, 9.17) is 14.6 Å². The molecule has 0 saturated carbocycles. The average molecular weight is 481 g/mol. The predicted octanol–water partition coefficient (Wildman–Crippen LogP) is 1.59. The van der Waals surface area contributed by atoms with E-state index in [2.05, 4.69) is 4.90 Å². The number of alkyl halides is 3. The maximum atomic E-state index is 12.7. The fraction of sp³-hybridized carbons (Fsp3) is 0.600. The number of benzene rings is 1. The zero-order valence-corrected chi connectivity index (χ0v) is 18.7. The summed E-state index contributed by atoms with van der Waals surface area (Å²) >= 11 is 0. The van der Waals surface area contributed by atoms with Crippen LogP contribution in [0.5, 0.6) is 5.75 Å². The van der Waals surface area contributed by atoms with Crippen LogP contribution in [0.3, 0.4) is 0 Å². The van der Waals surface area contributed by atoms with Gasteiger partial charge in [-0.15, -0.1) is 0 Å². The zero-order chi connectivity index (χ0) is 24.1. The van der Waals surface area contributed by atoms with Gasteiger partial charge in [-0.25, -0.2) is 13.2 Å². The minimum absolute atomic E-state index is 0.0216. The lowest BCUT2D eigenvalue weighted by Gasteiger charge is -2.37.